The zero-order valence-corrected chi connectivity index (χ0v) is 13.2. The maximum Gasteiger partial charge on any atom is 0.307 e. The second-order valence-electron chi connectivity index (χ2n) is 6.52. The molecule has 0 bridgehead atoms. The number of carboxylic acids is 1. The maximum absolute atomic E-state index is 12.7. The fourth-order valence-electron chi connectivity index (χ4n) is 3.39. The molecule has 2 atom stereocenters. The number of hydrogen-bond donors (Lipinski definition) is 1. The van der Waals surface area contributed by atoms with Crippen LogP contribution in [0.4, 0.5) is 0 Å². The monoisotopic (exact) mass is 303 g/mol. The predicted octanol–water partition coefficient (Wildman–Crippen LogP) is 2.08. The van der Waals surface area contributed by atoms with Crippen LogP contribution < -0.4 is 0 Å². The van der Waals surface area contributed by atoms with Gasteiger partial charge in [-0.05, 0) is 31.1 Å². The Labute approximate surface area is 121 Å². The molecule has 20 heavy (non-hydrogen) atoms. The number of nitrogens with zero attached hydrogens (tertiary/aromatic N) is 1. The van der Waals surface area contributed by atoms with Gasteiger partial charge in [-0.3, -0.25) is 4.79 Å². The van der Waals surface area contributed by atoms with Gasteiger partial charge in [0, 0.05) is 13.1 Å². The molecule has 1 aliphatic carbocycles. The summed E-state index contributed by atoms with van der Waals surface area (Å²) in [5.41, 5.74) is 0.230. The van der Waals surface area contributed by atoms with Gasteiger partial charge in [-0.2, -0.15) is 0 Å². The quantitative estimate of drug-likeness (QED) is 0.863. The van der Waals surface area contributed by atoms with E-state index in [1.54, 1.807) is 0 Å². The van der Waals surface area contributed by atoms with Crippen molar-refractivity contribution in [3.8, 4) is 0 Å². The first-order valence-corrected chi connectivity index (χ1v) is 9.02. The van der Waals surface area contributed by atoms with Crippen LogP contribution in [-0.4, -0.2) is 42.1 Å². The van der Waals surface area contributed by atoms with Crippen LogP contribution in [0.2, 0.25) is 0 Å². The molecule has 0 amide bonds. The van der Waals surface area contributed by atoms with Gasteiger partial charge >= 0.3 is 5.97 Å². The molecule has 0 aromatic carbocycles. The van der Waals surface area contributed by atoms with E-state index in [4.69, 9.17) is 0 Å². The molecule has 0 radical (unpaired) electrons. The van der Waals surface area contributed by atoms with Crippen LogP contribution in [0.5, 0.6) is 0 Å². The van der Waals surface area contributed by atoms with Crippen molar-refractivity contribution in [2.24, 2.45) is 11.3 Å². The molecule has 1 N–H and O–H groups in total. The Hall–Kier alpha value is -0.620. The van der Waals surface area contributed by atoms with Crippen LogP contribution in [0.15, 0.2) is 0 Å². The van der Waals surface area contributed by atoms with E-state index in [1.807, 2.05) is 0 Å². The van der Waals surface area contributed by atoms with Gasteiger partial charge in [-0.25, -0.2) is 12.7 Å². The molecule has 116 valence electrons. The van der Waals surface area contributed by atoms with E-state index in [2.05, 4.69) is 13.8 Å². The summed E-state index contributed by atoms with van der Waals surface area (Å²) in [6, 6.07) is 0. The largest absolute Gasteiger partial charge is 0.481 e. The highest BCUT2D eigenvalue weighted by Crippen LogP contribution is 2.38. The first kappa shape index (κ1) is 15.8. The molecule has 2 rings (SSSR count). The van der Waals surface area contributed by atoms with Crippen molar-refractivity contribution in [2.75, 3.05) is 13.1 Å². The number of aliphatic carboxylic acids is 1. The molecule has 5 nitrogen and oxygen atoms in total. The van der Waals surface area contributed by atoms with Crippen molar-refractivity contribution < 1.29 is 18.3 Å². The summed E-state index contributed by atoms with van der Waals surface area (Å²) in [5.74, 6) is -1.69. The third-order valence-corrected chi connectivity index (χ3v) is 7.71. The molecule has 1 saturated carbocycles. The topological polar surface area (TPSA) is 74.7 Å². The van der Waals surface area contributed by atoms with Gasteiger partial charge in [0.2, 0.25) is 10.0 Å². The van der Waals surface area contributed by atoms with Gasteiger partial charge in [0.1, 0.15) is 0 Å². The van der Waals surface area contributed by atoms with E-state index in [1.165, 1.54) is 4.31 Å². The molecule has 6 heteroatoms. The average Bonchev–Trinajstić information content (AvgIpc) is 2.89. The molecule has 2 aliphatic rings. The molecule has 0 aromatic heterocycles. The van der Waals surface area contributed by atoms with Gasteiger partial charge in [0.15, 0.2) is 0 Å². The van der Waals surface area contributed by atoms with Gasteiger partial charge in [0.05, 0.1) is 11.2 Å². The Balaban J connectivity index is 2.10. The number of hydrogen-bond acceptors (Lipinski definition) is 3. The lowest BCUT2D eigenvalue weighted by atomic mass is 9.79. The van der Waals surface area contributed by atoms with E-state index in [0.29, 0.717) is 32.4 Å². The SMILES string of the molecule is CCC1(C)CCN(S(=O)(=O)C2CCCC2C(=O)O)CC1. The maximum atomic E-state index is 12.7. The highest BCUT2D eigenvalue weighted by molar-refractivity contribution is 7.89. The molecular weight excluding hydrogens is 278 g/mol. The Kier molecular flexibility index (Phi) is 4.44. The summed E-state index contributed by atoms with van der Waals surface area (Å²) in [6.45, 7) is 5.42. The van der Waals surface area contributed by atoms with Gasteiger partial charge in [0.25, 0.3) is 0 Å². The normalized spacial score (nSPS) is 31.3. The van der Waals surface area contributed by atoms with Crippen molar-refractivity contribution >= 4 is 16.0 Å². The molecule has 1 aliphatic heterocycles. The number of piperidine rings is 1. The smallest absolute Gasteiger partial charge is 0.307 e. The minimum atomic E-state index is -3.46. The first-order chi connectivity index (χ1) is 9.30. The number of sulfonamides is 1. The average molecular weight is 303 g/mol. The Bertz CT molecular complexity index is 466. The van der Waals surface area contributed by atoms with Crippen molar-refractivity contribution in [3.63, 3.8) is 0 Å². The third-order valence-electron chi connectivity index (χ3n) is 5.30. The number of rotatable bonds is 4. The highest BCUT2D eigenvalue weighted by Gasteiger charge is 2.45. The summed E-state index contributed by atoms with van der Waals surface area (Å²) in [4.78, 5) is 11.2. The second-order valence-corrected chi connectivity index (χ2v) is 8.67. The number of carbonyl (C=O) groups is 1. The molecule has 1 heterocycles. The van der Waals surface area contributed by atoms with Crippen LogP contribution in [-0.2, 0) is 14.8 Å². The predicted molar refractivity (Wildman–Crippen MR) is 76.9 cm³/mol. The lowest BCUT2D eigenvalue weighted by Crippen LogP contribution is -2.47. The zero-order valence-electron chi connectivity index (χ0n) is 12.3. The molecule has 0 aromatic rings. The molecule has 2 fully saturated rings. The molecule has 0 spiro atoms. The van der Waals surface area contributed by atoms with Gasteiger partial charge in [-0.1, -0.05) is 26.7 Å². The van der Waals surface area contributed by atoms with Crippen LogP contribution in [0.3, 0.4) is 0 Å². The third kappa shape index (κ3) is 2.86. The molecule has 2 unspecified atom stereocenters. The number of carboxylic acid groups (broad SMARTS) is 1. The fourth-order valence-corrected chi connectivity index (χ4v) is 5.60. The van der Waals surface area contributed by atoms with E-state index in [0.717, 1.165) is 19.3 Å². The van der Waals surface area contributed by atoms with Crippen molar-refractivity contribution in [1.82, 2.24) is 4.31 Å². The summed E-state index contributed by atoms with van der Waals surface area (Å²) >= 11 is 0. The summed E-state index contributed by atoms with van der Waals surface area (Å²) in [7, 11) is -3.46. The minimum absolute atomic E-state index is 0.230. The van der Waals surface area contributed by atoms with Crippen LogP contribution in [0.1, 0.15) is 52.4 Å². The second kappa shape index (κ2) is 5.64. The fraction of sp³-hybridized carbons (Fsp3) is 0.929. The van der Waals surface area contributed by atoms with Crippen LogP contribution >= 0.6 is 0 Å². The Morgan fingerprint density at radius 2 is 1.90 bits per heavy atom. The first-order valence-electron chi connectivity index (χ1n) is 7.52. The minimum Gasteiger partial charge on any atom is -0.481 e. The zero-order chi connectivity index (χ0) is 15.0. The van der Waals surface area contributed by atoms with Crippen molar-refractivity contribution in [3.05, 3.63) is 0 Å². The van der Waals surface area contributed by atoms with E-state index in [9.17, 15) is 18.3 Å². The van der Waals surface area contributed by atoms with Crippen molar-refractivity contribution in [1.29, 1.82) is 0 Å². The van der Waals surface area contributed by atoms with Gasteiger partial charge in [-0.15, -0.1) is 0 Å². The van der Waals surface area contributed by atoms with Crippen LogP contribution in [0, 0.1) is 11.3 Å². The lowest BCUT2D eigenvalue weighted by Gasteiger charge is -2.39. The Morgan fingerprint density at radius 3 is 2.40 bits per heavy atom. The Morgan fingerprint density at radius 1 is 1.30 bits per heavy atom. The van der Waals surface area contributed by atoms with E-state index >= 15 is 0 Å². The highest BCUT2D eigenvalue weighted by atomic mass is 32.2. The summed E-state index contributed by atoms with van der Waals surface area (Å²) in [5, 5.41) is 8.47. The standard InChI is InChI=1S/C14H25NO4S/c1-3-14(2)7-9-15(10-8-14)20(18,19)12-6-4-5-11(12)13(16)17/h11-12H,3-10H2,1-2H3,(H,16,17). The summed E-state index contributed by atoms with van der Waals surface area (Å²) < 4.78 is 26.9. The van der Waals surface area contributed by atoms with E-state index < -0.39 is 27.2 Å². The molecular formula is C14H25NO4S. The molecule has 1 saturated heterocycles. The van der Waals surface area contributed by atoms with Crippen LogP contribution in [0.25, 0.3) is 0 Å². The lowest BCUT2D eigenvalue weighted by molar-refractivity contribution is -0.141. The van der Waals surface area contributed by atoms with Gasteiger partial charge < -0.3 is 5.11 Å². The summed E-state index contributed by atoms with van der Waals surface area (Å²) in [6.07, 6.45) is 4.46. The van der Waals surface area contributed by atoms with E-state index in [-0.39, 0.29) is 5.41 Å². The van der Waals surface area contributed by atoms with Crippen molar-refractivity contribution in [2.45, 2.75) is 57.6 Å².